The van der Waals surface area contributed by atoms with Crippen molar-refractivity contribution < 1.29 is 19.0 Å². The summed E-state index contributed by atoms with van der Waals surface area (Å²) in [6.45, 7) is 3.90. The summed E-state index contributed by atoms with van der Waals surface area (Å²) in [5.41, 5.74) is 6.38. The smallest absolute Gasteiger partial charge is 0.236 e. The predicted octanol–water partition coefficient (Wildman–Crippen LogP) is 7.50. The molecule has 320 valence electrons. The fourth-order valence-corrected chi connectivity index (χ4v) is 7.11. The van der Waals surface area contributed by atoms with Crippen LogP contribution in [0.2, 0.25) is 0 Å². The van der Waals surface area contributed by atoms with Gasteiger partial charge in [-0.3, -0.25) is 13.2 Å². The van der Waals surface area contributed by atoms with Gasteiger partial charge in [0.2, 0.25) is 17.3 Å². The SMILES string of the molecule is CNc1ccn2cc(-c3cccc(CO)c3)nc2n1.COc1cccc(-c2cn3ccc(N4CCC4)nc3n2)c1.FCCOc1cccc(-c2cn3ccc(N4CCC4)nc3n2)c1. The van der Waals surface area contributed by atoms with E-state index in [9.17, 15) is 9.50 Å². The van der Waals surface area contributed by atoms with Gasteiger partial charge in [0, 0.05) is 87.1 Å². The quantitative estimate of drug-likeness (QED) is 0.133. The largest absolute Gasteiger partial charge is 0.497 e. The number of benzene rings is 3. The Hall–Kier alpha value is -7.59. The van der Waals surface area contributed by atoms with Crippen LogP contribution in [-0.2, 0) is 6.61 Å². The number of fused-ring (bicyclic) bond motifs is 3. The third kappa shape index (κ3) is 9.21. The molecule has 2 aliphatic heterocycles. The van der Waals surface area contributed by atoms with Crippen LogP contribution in [0.3, 0.4) is 0 Å². The molecule has 9 aromatic rings. The molecule has 16 heteroatoms. The van der Waals surface area contributed by atoms with Gasteiger partial charge in [-0.1, -0.05) is 42.5 Å². The monoisotopic (exact) mass is 846 g/mol. The van der Waals surface area contributed by atoms with Crippen molar-refractivity contribution in [3.63, 3.8) is 0 Å². The maximum atomic E-state index is 12.2. The van der Waals surface area contributed by atoms with Gasteiger partial charge in [0.25, 0.3) is 0 Å². The molecule has 0 saturated carbocycles. The molecule has 0 atom stereocenters. The molecule has 0 aliphatic carbocycles. The number of aromatic nitrogens is 9. The van der Waals surface area contributed by atoms with Crippen molar-refractivity contribution in [2.24, 2.45) is 0 Å². The van der Waals surface area contributed by atoms with Gasteiger partial charge in [0.05, 0.1) is 30.8 Å². The van der Waals surface area contributed by atoms with Crippen LogP contribution in [-0.4, -0.2) is 102 Å². The van der Waals surface area contributed by atoms with E-state index in [1.165, 1.54) is 12.8 Å². The molecule has 0 spiro atoms. The number of aliphatic hydroxyl groups is 1. The van der Waals surface area contributed by atoms with Crippen LogP contribution in [0.25, 0.3) is 51.1 Å². The number of ether oxygens (including phenoxy) is 2. The Morgan fingerprint density at radius 1 is 0.603 bits per heavy atom. The zero-order valence-electron chi connectivity index (χ0n) is 35.0. The second kappa shape index (κ2) is 18.6. The summed E-state index contributed by atoms with van der Waals surface area (Å²) in [6.07, 6.45) is 14.3. The van der Waals surface area contributed by atoms with Crippen molar-refractivity contribution in [2.45, 2.75) is 19.4 Å². The molecule has 2 fully saturated rings. The normalized spacial score (nSPS) is 13.1. The Labute approximate surface area is 363 Å². The second-order valence-electron chi connectivity index (χ2n) is 15.0. The summed E-state index contributed by atoms with van der Waals surface area (Å²) < 4.78 is 28.6. The van der Waals surface area contributed by atoms with Gasteiger partial charge in [-0.2, -0.15) is 15.0 Å². The van der Waals surface area contributed by atoms with E-state index in [1.54, 1.807) is 7.11 Å². The summed E-state index contributed by atoms with van der Waals surface area (Å²) >= 11 is 0. The lowest BCUT2D eigenvalue weighted by Gasteiger charge is -2.31. The van der Waals surface area contributed by atoms with E-state index < -0.39 is 6.67 Å². The molecule has 0 amide bonds. The van der Waals surface area contributed by atoms with E-state index in [-0.39, 0.29) is 13.2 Å². The first kappa shape index (κ1) is 40.8. The number of rotatable bonds is 11. The topological polar surface area (TPSA) is 148 Å². The van der Waals surface area contributed by atoms with Gasteiger partial charge in [0.15, 0.2) is 0 Å². The Kier molecular flexibility index (Phi) is 12.0. The number of methoxy groups -OCH3 is 1. The van der Waals surface area contributed by atoms with Crippen molar-refractivity contribution in [1.82, 2.24) is 43.1 Å². The lowest BCUT2D eigenvalue weighted by atomic mass is 10.1. The molecule has 2 N–H and O–H groups in total. The number of nitrogens with zero attached hydrogens (tertiary/aromatic N) is 11. The number of halogens is 1. The molecular formula is C47H47FN12O3. The van der Waals surface area contributed by atoms with Gasteiger partial charge < -0.3 is 29.7 Å². The van der Waals surface area contributed by atoms with Gasteiger partial charge in [-0.05, 0) is 66.9 Å². The fourth-order valence-electron chi connectivity index (χ4n) is 7.11. The summed E-state index contributed by atoms with van der Waals surface area (Å²) in [5.74, 6) is 6.31. The first-order valence-electron chi connectivity index (χ1n) is 20.9. The summed E-state index contributed by atoms with van der Waals surface area (Å²) in [5, 5.41) is 12.2. The van der Waals surface area contributed by atoms with Gasteiger partial charge in [-0.25, -0.2) is 19.3 Å². The molecule has 11 rings (SSSR count). The van der Waals surface area contributed by atoms with Crippen LogP contribution < -0.4 is 24.6 Å². The minimum atomic E-state index is -0.498. The van der Waals surface area contributed by atoms with E-state index in [2.05, 4.69) is 45.0 Å². The summed E-state index contributed by atoms with van der Waals surface area (Å²) in [4.78, 5) is 31.8. The van der Waals surface area contributed by atoms with Crippen LogP contribution in [0.1, 0.15) is 18.4 Å². The zero-order valence-corrected chi connectivity index (χ0v) is 35.0. The lowest BCUT2D eigenvalue weighted by molar-refractivity contribution is 0.273. The minimum Gasteiger partial charge on any atom is -0.497 e. The van der Waals surface area contributed by atoms with E-state index in [1.807, 2.05) is 148 Å². The first-order chi connectivity index (χ1) is 31.0. The Morgan fingerprint density at radius 2 is 1.10 bits per heavy atom. The zero-order chi connectivity index (χ0) is 43.1. The number of nitrogens with one attached hydrogen (secondary N) is 1. The number of imidazole rings is 3. The Morgan fingerprint density at radius 3 is 1.59 bits per heavy atom. The molecule has 63 heavy (non-hydrogen) atoms. The molecule has 2 saturated heterocycles. The number of aliphatic hydroxyl groups excluding tert-OH is 1. The first-order valence-corrected chi connectivity index (χ1v) is 20.9. The highest BCUT2D eigenvalue weighted by Crippen LogP contribution is 2.27. The Bertz CT molecular complexity index is 2980. The third-order valence-electron chi connectivity index (χ3n) is 10.8. The number of hydrogen-bond donors (Lipinski definition) is 2. The van der Waals surface area contributed by atoms with Gasteiger partial charge >= 0.3 is 0 Å². The lowest BCUT2D eigenvalue weighted by Crippen LogP contribution is -2.37. The van der Waals surface area contributed by atoms with Crippen LogP contribution >= 0.6 is 0 Å². The van der Waals surface area contributed by atoms with Crippen LogP contribution in [0.5, 0.6) is 11.5 Å². The van der Waals surface area contributed by atoms with Crippen molar-refractivity contribution in [3.05, 3.63) is 134 Å². The van der Waals surface area contributed by atoms with Crippen LogP contribution in [0.4, 0.5) is 21.8 Å². The highest BCUT2D eigenvalue weighted by Gasteiger charge is 2.18. The maximum absolute atomic E-state index is 12.2. The molecule has 6 aromatic heterocycles. The molecule has 3 aromatic carbocycles. The maximum Gasteiger partial charge on any atom is 0.236 e. The predicted molar refractivity (Wildman–Crippen MR) is 242 cm³/mol. The van der Waals surface area contributed by atoms with Crippen molar-refractivity contribution >= 4 is 34.8 Å². The second-order valence-corrected chi connectivity index (χ2v) is 15.0. The summed E-state index contributed by atoms with van der Waals surface area (Å²) in [7, 11) is 3.50. The molecule has 0 unspecified atom stereocenters. The molecule has 8 heterocycles. The minimum absolute atomic E-state index is 0.0311. The number of anilines is 3. The van der Waals surface area contributed by atoms with Gasteiger partial charge in [-0.15, -0.1) is 0 Å². The highest BCUT2D eigenvalue weighted by molar-refractivity contribution is 5.66. The molecule has 0 bridgehead atoms. The number of hydrogen-bond acceptors (Lipinski definition) is 12. The molecule has 0 radical (unpaired) electrons. The van der Waals surface area contributed by atoms with Crippen molar-refractivity contribution in [1.29, 1.82) is 0 Å². The average molecular weight is 847 g/mol. The molecule has 15 nitrogen and oxygen atoms in total. The van der Waals surface area contributed by atoms with Crippen LogP contribution in [0, 0.1) is 0 Å². The standard InChI is InChI=1S/C17H17FN4O.C16H16N4O.C14H14N4O/c18-6-10-23-14-4-1-3-13(11-14)15-12-22-9-5-16(20-17(22)19-15)21-7-2-8-21;1-21-13-5-2-4-12(10-13)14-11-20-9-6-15(18-16(20)17-14)19-7-3-8-19;1-15-13-5-6-18-8-12(16-14(18)17-13)11-4-2-3-10(7-11)9-19/h1,3-5,9,11-12H,2,6-8,10H2;2,4-6,9-11H,3,7-8H2,1H3;2-8,19H,9H2,1H3,(H,15,16,17). The van der Waals surface area contributed by atoms with E-state index >= 15 is 0 Å². The Balaban J connectivity index is 0.000000121. The van der Waals surface area contributed by atoms with E-state index in [0.29, 0.717) is 17.3 Å². The van der Waals surface area contributed by atoms with Crippen LogP contribution in [0.15, 0.2) is 128 Å². The van der Waals surface area contributed by atoms with E-state index in [0.717, 1.165) is 94.5 Å². The molecular weight excluding hydrogens is 800 g/mol. The highest BCUT2D eigenvalue weighted by atomic mass is 19.1. The van der Waals surface area contributed by atoms with E-state index in [4.69, 9.17) is 9.47 Å². The third-order valence-corrected chi connectivity index (χ3v) is 10.8. The fraction of sp³-hybridized carbons (Fsp3) is 0.234. The van der Waals surface area contributed by atoms with Crippen molar-refractivity contribution in [3.8, 4) is 45.3 Å². The number of alkyl halides is 1. The molecule has 2 aliphatic rings. The summed E-state index contributed by atoms with van der Waals surface area (Å²) in [6, 6.07) is 29.1. The van der Waals surface area contributed by atoms with Gasteiger partial charge in [0.1, 0.15) is 42.2 Å². The average Bonchev–Trinajstić information content (AvgIpc) is 4.04. The van der Waals surface area contributed by atoms with Crippen molar-refractivity contribution in [2.75, 3.05) is 68.7 Å².